The van der Waals surface area contributed by atoms with Gasteiger partial charge in [-0.2, -0.15) is 0 Å². The van der Waals surface area contributed by atoms with E-state index in [4.69, 9.17) is 0 Å². The first-order valence-electron chi connectivity index (χ1n) is 17.6. The highest BCUT2D eigenvalue weighted by atomic mass is 16.3. The molecule has 0 saturated carbocycles. The molecule has 6 atom stereocenters. The van der Waals surface area contributed by atoms with Gasteiger partial charge in [0.15, 0.2) is 0 Å². The SMILES string of the molecule is CC[C@H](NC)C(=O)N[C@@H]1C(=O)N2[C@@H](CC[C@@H]1CO)CC[C@H]2C(=O)N[C@H](C(=O)NCCNC(=O)CCC#CC#CCCC(=O)NC)c1ccccc1. The molecule has 0 bridgehead atoms. The Labute approximate surface area is 300 Å². The molecule has 0 unspecified atom stereocenters. The average molecular weight is 706 g/mol. The van der Waals surface area contributed by atoms with E-state index in [9.17, 15) is 33.9 Å². The molecule has 1 aromatic carbocycles. The van der Waals surface area contributed by atoms with Gasteiger partial charge in [-0.3, -0.25) is 28.8 Å². The molecular formula is C37H51N7O7. The molecule has 0 radical (unpaired) electrons. The zero-order valence-corrected chi connectivity index (χ0v) is 29.7. The standard InChI is InChI=1S/C37H51N7O7/c1-4-28(38-2)34(48)43-33-26(24-45)18-19-27-20-21-29(44(27)37(33)51)35(49)42-32(25-14-10-9-11-15-25)36(50)41-23-22-40-31(47)17-13-8-6-5-7-12-16-30(46)39-3/h9-11,14-15,26-29,32-33,38,45H,4,12-13,16-24H2,1-3H3,(H,39,46)(H,40,47)(H,41,50)(H,42,49)(H,43,48)/t26-,27+,28+,29+,32+,33+/m1/s1. The maximum Gasteiger partial charge on any atom is 0.247 e. The molecule has 2 aliphatic heterocycles. The Kier molecular flexibility index (Phi) is 16.9. The van der Waals surface area contributed by atoms with Crippen molar-refractivity contribution < 1.29 is 33.9 Å². The van der Waals surface area contributed by atoms with Crippen molar-refractivity contribution in [3.05, 3.63) is 35.9 Å². The molecule has 6 amide bonds. The molecule has 3 rings (SSSR count). The van der Waals surface area contributed by atoms with Crippen LogP contribution >= 0.6 is 0 Å². The van der Waals surface area contributed by atoms with E-state index in [0.29, 0.717) is 56.9 Å². The lowest BCUT2D eigenvalue weighted by molar-refractivity contribution is -0.144. The zero-order chi connectivity index (χ0) is 37.2. The molecule has 14 nitrogen and oxygen atoms in total. The van der Waals surface area contributed by atoms with Crippen molar-refractivity contribution in [1.29, 1.82) is 0 Å². The molecule has 2 saturated heterocycles. The first-order chi connectivity index (χ1) is 24.6. The number of nitrogens with one attached hydrogen (secondary N) is 6. The lowest BCUT2D eigenvalue weighted by atomic mass is 9.93. The predicted molar refractivity (Wildman–Crippen MR) is 190 cm³/mol. The summed E-state index contributed by atoms with van der Waals surface area (Å²) in [6.45, 7) is 1.83. The summed E-state index contributed by atoms with van der Waals surface area (Å²) in [5.41, 5.74) is 0.544. The summed E-state index contributed by atoms with van der Waals surface area (Å²) in [6, 6.07) is 5.08. The fraction of sp³-hybridized carbons (Fsp3) is 0.568. The van der Waals surface area contributed by atoms with E-state index in [-0.39, 0.29) is 49.9 Å². The summed E-state index contributed by atoms with van der Waals surface area (Å²) in [4.78, 5) is 79.2. The second-order valence-corrected chi connectivity index (χ2v) is 12.5. The van der Waals surface area contributed by atoms with E-state index >= 15 is 0 Å². The predicted octanol–water partition coefficient (Wildman–Crippen LogP) is -0.366. The minimum atomic E-state index is -1.06. The highest BCUT2D eigenvalue weighted by Crippen LogP contribution is 2.34. The Balaban J connectivity index is 1.59. The van der Waals surface area contributed by atoms with Crippen LogP contribution in [0.15, 0.2) is 30.3 Å². The summed E-state index contributed by atoms with van der Waals surface area (Å²) >= 11 is 0. The van der Waals surface area contributed by atoms with Gasteiger partial charge < -0.3 is 41.9 Å². The van der Waals surface area contributed by atoms with Crippen molar-refractivity contribution in [3.63, 3.8) is 0 Å². The van der Waals surface area contributed by atoms with E-state index in [0.717, 1.165) is 0 Å². The summed E-state index contributed by atoms with van der Waals surface area (Å²) in [7, 11) is 3.22. The van der Waals surface area contributed by atoms with Crippen LogP contribution in [0.5, 0.6) is 0 Å². The molecule has 7 N–H and O–H groups in total. The lowest BCUT2D eigenvalue weighted by Crippen LogP contribution is -2.59. The minimum Gasteiger partial charge on any atom is -0.396 e. The van der Waals surface area contributed by atoms with Crippen LogP contribution in [-0.2, 0) is 28.8 Å². The van der Waals surface area contributed by atoms with Crippen LogP contribution in [0, 0.1) is 29.6 Å². The first kappa shape index (κ1) is 40.5. The maximum absolute atomic E-state index is 14.0. The van der Waals surface area contributed by atoms with Gasteiger partial charge in [0.1, 0.15) is 18.1 Å². The summed E-state index contributed by atoms with van der Waals surface area (Å²) in [5, 5.41) is 26.8. The minimum absolute atomic E-state index is 0.0933. The van der Waals surface area contributed by atoms with Crippen molar-refractivity contribution >= 4 is 35.4 Å². The molecule has 0 spiro atoms. The van der Waals surface area contributed by atoms with Crippen molar-refractivity contribution in [3.8, 4) is 23.7 Å². The van der Waals surface area contributed by atoms with Gasteiger partial charge in [0, 0.05) is 64.4 Å². The number of hydrogen-bond donors (Lipinski definition) is 7. The molecule has 276 valence electrons. The molecule has 2 aliphatic rings. The number of amides is 6. The molecule has 0 aliphatic carbocycles. The summed E-state index contributed by atoms with van der Waals surface area (Å²) < 4.78 is 0. The second-order valence-electron chi connectivity index (χ2n) is 12.5. The first-order valence-corrected chi connectivity index (χ1v) is 17.6. The monoisotopic (exact) mass is 705 g/mol. The molecular weight excluding hydrogens is 654 g/mol. The number of carbonyl (C=O) groups excluding carboxylic acids is 6. The van der Waals surface area contributed by atoms with Gasteiger partial charge in [0.05, 0.1) is 6.04 Å². The van der Waals surface area contributed by atoms with Gasteiger partial charge in [0.2, 0.25) is 35.4 Å². The lowest BCUT2D eigenvalue weighted by Gasteiger charge is -2.33. The summed E-state index contributed by atoms with van der Waals surface area (Å²) in [6.07, 6.45) is 3.72. The molecule has 51 heavy (non-hydrogen) atoms. The normalized spacial score (nSPS) is 20.5. The number of hydrogen-bond acceptors (Lipinski definition) is 8. The number of nitrogens with zero attached hydrogens (tertiary/aromatic N) is 1. The van der Waals surface area contributed by atoms with Gasteiger partial charge >= 0.3 is 0 Å². The largest absolute Gasteiger partial charge is 0.396 e. The number of benzene rings is 1. The van der Waals surface area contributed by atoms with Gasteiger partial charge in [-0.1, -0.05) is 49.1 Å². The van der Waals surface area contributed by atoms with Crippen molar-refractivity contribution in [2.24, 2.45) is 5.92 Å². The number of aliphatic hydroxyl groups is 1. The van der Waals surface area contributed by atoms with Crippen molar-refractivity contribution in [1.82, 2.24) is 36.8 Å². The Morgan fingerprint density at radius 2 is 1.53 bits per heavy atom. The van der Waals surface area contributed by atoms with Gasteiger partial charge in [-0.05, 0) is 56.6 Å². The number of aliphatic hydroxyl groups excluding tert-OH is 1. The van der Waals surface area contributed by atoms with Crippen LogP contribution in [-0.4, -0.2) is 103 Å². The van der Waals surface area contributed by atoms with E-state index in [1.165, 1.54) is 4.90 Å². The quantitative estimate of drug-likeness (QED) is 0.0894. The number of fused-ring (bicyclic) bond motifs is 1. The van der Waals surface area contributed by atoms with E-state index in [2.05, 4.69) is 55.6 Å². The zero-order valence-electron chi connectivity index (χ0n) is 29.7. The smallest absolute Gasteiger partial charge is 0.247 e. The molecule has 2 heterocycles. The van der Waals surface area contributed by atoms with Crippen LogP contribution in [0.1, 0.15) is 76.3 Å². The Morgan fingerprint density at radius 1 is 0.882 bits per heavy atom. The topological polar surface area (TPSA) is 198 Å². The number of carbonyl (C=O) groups is 6. The van der Waals surface area contributed by atoms with E-state index in [1.54, 1.807) is 44.4 Å². The fourth-order valence-corrected chi connectivity index (χ4v) is 6.30. The molecule has 0 aromatic heterocycles. The average Bonchev–Trinajstić information content (AvgIpc) is 3.52. The number of likely N-dealkylation sites (N-methyl/N-ethyl adjacent to an activating group) is 1. The fourth-order valence-electron chi connectivity index (χ4n) is 6.30. The van der Waals surface area contributed by atoms with Crippen LogP contribution in [0.4, 0.5) is 0 Å². The third-order valence-electron chi connectivity index (χ3n) is 9.17. The molecule has 1 aromatic rings. The van der Waals surface area contributed by atoms with Gasteiger partial charge in [-0.25, -0.2) is 0 Å². The number of rotatable bonds is 16. The Hall–Kier alpha value is -4.92. The highest BCUT2D eigenvalue weighted by Gasteiger charge is 2.48. The highest BCUT2D eigenvalue weighted by molar-refractivity contribution is 5.96. The van der Waals surface area contributed by atoms with Crippen molar-refractivity contribution in [2.75, 3.05) is 33.8 Å². The Bertz CT molecular complexity index is 1490. The Morgan fingerprint density at radius 3 is 2.16 bits per heavy atom. The third kappa shape index (κ3) is 12.1. The van der Waals surface area contributed by atoms with Crippen LogP contribution in [0.2, 0.25) is 0 Å². The van der Waals surface area contributed by atoms with Gasteiger partial charge in [-0.15, -0.1) is 0 Å². The molecule has 2 fully saturated rings. The maximum atomic E-state index is 14.0. The van der Waals surface area contributed by atoms with Crippen LogP contribution < -0.4 is 31.9 Å². The molecule has 14 heteroatoms. The summed E-state index contributed by atoms with van der Waals surface area (Å²) in [5.74, 6) is 8.32. The van der Waals surface area contributed by atoms with Gasteiger partial charge in [0.25, 0.3) is 0 Å². The van der Waals surface area contributed by atoms with Crippen molar-refractivity contribution in [2.45, 2.75) is 94.9 Å². The van der Waals surface area contributed by atoms with E-state index < -0.39 is 47.8 Å². The van der Waals surface area contributed by atoms with Crippen LogP contribution in [0.25, 0.3) is 0 Å². The second kappa shape index (κ2) is 21.3. The van der Waals surface area contributed by atoms with Crippen LogP contribution in [0.3, 0.4) is 0 Å². The van der Waals surface area contributed by atoms with E-state index in [1.807, 2.05) is 6.92 Å². The third-order valence-corrected chi connectivity index (χ3v) is 9.17.